The minimum atomic E-state index is -2.09. The van der Waals surface area contributed by atoms with Gasteiger partial charge in [-0.15, -0.1) is 0 Å². The van der Waals surface area contributed by atoms with E-state index >= 15 is 0 Å². The molecule has 0 spiro atoms. The van der Waals surface area contributed by atoms with E-state index in [1.807, 2.05) is 0 Å². The zero-order chi connectivity index (χ0) is 17.3. The van der Waals surface area contributed by atoms with Crippen molar-refractivity contribution >= 4 is 18.4 Å². The Morgan fingerprint density at radius 3 is 1.14 bits per heavy atom. The summed E-state index contributed by atoms with van der Waals surface area (Å²) >= 11 is -2.09. The van der Waals surface area contributed by atoms with Crippen LogP contribution < -0.4 is 0 Å². The average Bonchev–Trinajstić information content (AvgIpc) is 2.57. The zero-order valence-electron chi connectivity index (χ0n) is 16.5. The Morgan fingerprint density at radius 1 is 0.682 bits per heavy atom. The van der Waals surface area contributed by atoms with E-state index in [0.29, 0.717) is 0 Å². The first-order chi connectivity index (χ1) is 10.6. The van der Waals surface area contributed by atoms with Crippen LogP contribution in [0.1, 0.15) is 80.1 Å². The Labute approximate surface area is 146 Å². The Bertz CT molecular complexity index is 226. The maximum absolute atomic E-state index is 5.87. The van der Waals surface area contributed by atoms with E-state index in [2.05, 4.69) is 50.4 Å². The van der Waals surface area contributed by atoms with E-state index in [1.165, 1.54) is 71.5 Å². The van der Waals surface area contributed by atoms with Crippen LogP contribution in [0.3, 0.4) is 0 Å². The van der Waals surface area contributed by atoms with Crippen LogP contribution in [-0.2, 0) is 0 Å². The largest absolute Gasteiger partial charge is 0.304 e. The van der Waals surface area contributed by atoms with E-state index in [0.717, 1.165) is 0 Å². The monoisotopic (exact) mass is 417 g/mol. The molecule has 0 unspecified atom stereocenters. The maximum atomic E-state index is 5.87. The molecule has 0 aliphatic carbocycles. The first-order valence-corrected chi connectivity index (χ1v) is 17.3. The molecule has 0 saturated heterocycles. The molecule has 0 saturated carbocycles. The third-order valence-corrected chi connectivity index (χ3v) is 17.6. The zero-order valence-corrected chi connectivity index (χ0v) is 19.4. The second-order valence-electron chi connectivity index (χ2n) is 6.35. The molecule has 0 atom stereocenters. The van der Waals surface area contributed by atoms with Gasteiger partial charge in [-0.1, -0.05) is 20.8 Å². The molecule has 0 bridgehead atoms. The van der Waals surface area contributed by atoms with Crippen LogP contribution in [0, 0.1) is 10.4 Å². The fourth-order valence-electron chi connectivity index (χ4n) is 2.81. The third-order valence-electron chi connectivity index (χ3n) is 4.67. The van der Waals surface area contributed by atoms with Crippen LogP contribution in [0.15, 0.2) is 0 Å². The minimum Gasteiger partial charge on any atom is -0.304 e. The summed E-state index contributed by atoms with van der Waals surface area (Å²) in [6.07, 6.45) is 14.0. The van der Waals surface area contributed by atoms with Gasteiger partial charge >= 0.3 is 101 Å². The number of nitrogens with zero attached hydrogens (tertiary/aromatic N) is 1. The first-order valence-electron chi connectivity index (χ1n) is 9.79. The number of hydrogen-bond donors (Lipinski definition) is 0. The standard InChI is InChI=1S/C6H15N.3C4H9.C2H.Sn/c1-4-7(5-2)6-3;3*1-3-4-2;1-2;/h4-6H2,1-3H3;3*1,3-4H2,2H3;1H;. The van der Waals surface area contributed by atoms with Gasteiger partial charge in [0.1, 0.15) is 0 Å². The fourth-order valence-corrected chi connectivity index (χ4v) is 15.0. The molecule has 0 radical (unpaired) electrons. The van der Waals surface area contributed by atoms with Gasteiger partial charge < -0.3 is 4.90 Å². The first kappa shape index (κ1) is 24.6. The van der Waals surface area contributed by atoms with Gasteiger partial charge in [0.05, 0.1) is 0 Å². The third kappa shape index (κ3) is 12.8. The van der Waals surface area contributed by atoms with Crippen molar-refractivity contribution in [2.24, 2.45) is 0 Å². The summed E-state index contributed by atoms with van der Waals surface area (Å²) < 4.78 is 7.67. The van der Waals surface area contributed by atoms with E-state index < -0.39 is 18.4 Å². The quantitative estimate of drug-likeness (QED) is 0.265. The van der Waals surface area contributed by atoms with E-state index in [1.54, 1.807) is 0 Å². The molecule has 0 amide bonds. The van der Waals surface area contributed by atoms with Gasteiger partial charge in [-0.25, -0.2) is 0 Å². The predicted molar refractivity (Wildman–Crippen MR) is 107 cm³/mol. The van der Waals surface area contributed by atoms with Crippen molar-refractivity contribution in [3.05, 3.63) is 0 Å². The Kier molecular flexibility index (Phi) is 19.7. The van der Waals surface area contributed by atoms with Crippen molar-refractivity contribution in [1.29, 1.82) is 0 Å². The molecule has 0 aromatic rings. The van der Waals surface area contributed by atoms with Crippen molar-refractivity contribution in [2.75, 3.05) is 19.6 Å². The van der Waals surface area contributed by atoms with E-state index in [-0.39, 0.29) is 0 Å². The number of unbranched alkanes of at least 4 members (excludes halogenated alkanes) is 3. The van der Waals surface area contributed by atoms with Crippen molar-refractivity contribution in [3.63, 3.8) is 0 Å². The van der Waals surface area contributed by atoms with Crippen LogP contribution >= 0.6 is 0 Å². The molecule has 0 aromatic carbocycles. The summed E-state index contributed by atoms with van der Waals surface area (Å²) in [6.45, 7) is 17.0. The molecule has 132 valence electrons. The minimum absolute atomic E-state index is 1.19. The normalized spacial score (nSPS) is 11.0. The maximum Gasteiger partial charge on any atom is -0.00474 e. The molecule has 0 fully saturated rings. The Morgan fingerprint density at radius 2 is 1.00 bits per heavy atom. The van der Waals surface area contributed by atoms with Crippen LogP contribution in [0.5, 0.6) is 0 Å². The fraction of sp³-hybridized carbons (Fsp3) is 0.900. The van der Waals surface area contributed by atoms with Gasteiger partial charge in [-0.2, -0.15) is 0 Å². The molecular weight excluding hydrogens is 373 g/mol. The SMILES string of the molecule is C#[C][Sn]([CH2]CCC)([CH2]CCC)[CH2]CCC.CCN(CC)CC. The van der Waals surface area contributed by atoms with Gasteiger partial charge in [-0.05, 0) is 19.6 Å². The van der Waals surface area contributed by atoms with Crippen LogP contribution in [0.4, 0.5) is 0 Å². The van der Waals surface area contributed by atoms with Crippen LogP contribution in [0.2, 0.25) is 13.3 Å². The smallest absolute Gasteiger partial charge is 0.00474 e. The molecule has 0 N–H and O–H groups in total. The molecule has 0 aromatic heterocycles. The van der Waals surface area contributed by atoms with Gasteiger partial charge in [0.15, 0.2) is 0 Å². The summed E-state index contributed by atoms with van der Waals surface area (Å²) in [5.74, 6) is 0. The topological polar surface area (TPSA) is 3.24 Å². The molecule has 0 heterocycles. The van der Waals surface area contributed by atoms with Crippen molar-refractivity contribution in [3.8, 4) is 10.4 Å². The number of hydrogen-bond acceptors (Lipinski definition) is 1. The molecule has 2 heteroatoms. The average molecular weight is 416 g/mol. The Hall–Kier alpha value is 0.319. The molecule has 0 aliphatic rings. The van der Waals surface area contributed by atoms with Crippen LogP contribution in [-0.4, -0.2) is 42.9 Å². The van der Waals surface area contributed by atoms with Gasteiger partial charge in [0.25, 0.3) is 0 Å². The second kappa shape index (κ2) is 17.7. The van der Waals surface area contributed by atoms with Crippen molar-refractivity contribution in [2.45, 2.75) is 93.4 Å². The van der Waals surface area contributed by atoms with Crippen molar-refractivity contribution in [1.82, 2.24) is 4.90 Å². The number of rotatable bonds is 12. The Balaban J connectivity index is 0. The van der Waals surface area contributed by atoms with Crippen LogP contribution in [0.25, 0.3) is 0 Å². The molecule has 1 nitrogen and oxygen atoms in total. The summed E-state index contributed by atoms with van der Waals surface area (Å²) in [6, 6.07) is 0. The molecule has 0 aliphatic heterocycles. The summed E-state index contributed by atoms with van der Waals surface area (Å²) in [5.41, 5.74) is 0. The molecule has 22 heavy (non-hydrogen) atoms. The molecule has 0 rings (SSSR count). The van der Waals surface area contributed by atoms with Gasteiger partial charge in [-0.3, -0.25) is 0 Å². The summed E-state index contributed by atoms with van der Waals surface area (Å²) in [7, 11) is 0. The summed E-state index contributed by atoms with van der Waals surface area (Å²) in [4.78, 5) is 2.38. The predicted octanol–water partition coefficient (Wildman–Crippen LogP) is 6.36. The van der Waals surface area contributed by atoms with Crippen molar-refractivity contribution < 1.29 is 0 Å². The van der Waals surface area contributed by atoms with E-state index in [9.17, 15) is 0 Å². The summed E-state index contributed by atoms with van der Waals surface area (Å²) in [5, 5.41) is 0. The number of terminal acetylenes is 1. The molecular formula is C20H43NSn. The van der Waals surface area contributed by atoms with E-state index in [4.69, 9.17) is 6.42 Å². The second-order valence-corrected chi connectivity index (χ2v) is 18.8. The van der Waals surface area contributed by atoms with Gasteiger partial charge in [0.2, 0.25) is 0 Å². The van der Waals surface area contributed by atoms with Gasteiger partial charge in [0, 0.05) is 0 Å².